The first-order valence-electron chi connectivity index (χ1n) is 9.57. The fourth-order valence-corrected chi connectivity index (χ4v) is 3.21. The Morgan fingerprint density at radius 2 is 1.86 bits per heavy atom. The maximum atomic E-state index is 12.8. The van der Waals surface area contributed by atoms with Crippen molar-refractivity contribution >= 4 is 34.8 Å². The van der Waals surface area contributed by atoms with Crippen LogP contribution in [0.25, 0.3) is 0 Å². The van der Waals surface area contributed by atoms with Crippen LogP contribution in [0.4, 0.5) is 17.1 Å². The Morgan fingerprint density at radius 1 is 1.14 bits per heavy atom. The summed E-state index contributed by atoms with van der Waals surface area (Å²) in [4.78, 5) is 38.4. The average Bonchev–Trinajstić information content (AvgIpc) is 3.12. The van der Waals surface area contributed by atoms with Crippen molar-refractivity contribution in [3.05, 3.63) is 48.0 Å². The minimum Gasteiger partial charge on any atom is -0.497 e. The van der Waals surface area contributed by atoms with Crippen LogP contribution in [0.1, 0.15) is 25.3 Å². The lowest BCUT2D eigenvalue weighted by Crippen LogP contribution is -2.28. The highest BCUT2D eigenvalue weighted by Crippen LogP contribution is 2.28. The van der Waals surface area contributed by atoms with E-state index < -0.39 is 5.92 Å². The van der Waals surface area contributed by atoms with E-state index in [1.165, 1.54) is 0 Å². The molecule has 2 aromatic carbocycles. The van der Waals surface area contributed by atoms with E-state index in [-0.39, 0.29) is 24.1 Å². The number of ether oxygens (including phenoxy) is 1. The second-order valence-electron chi connectivity index (χ2n) is 7.02. The van der Waals surface area contributed by atoms with Crippen LogP contribution in [-0.2, 0) is 14.4 Å². The van der Waals surface area contributed by atoms with Crippen molar-refractivity contribution in [2.75, 3.05) is 29.2 Å². The number of carbonyl (C=O) groups is 3. The highest BCUT2D eigenvalue weighted by Gasteiger charge is 2.35. The third kappa shape index (κ3) is 4.74. The van der Waals surface area contributed by atoms with Crippen molar-refractivity contribution < 1.29 is 19.1 Å². The normalized spacial score (nSPS) is 15.9. The lowest BCUT2D eigenvalue weighted by molar-refractivity contribution is -0.122. The largest absolute Gasteiger partial charge is 0.497 e. The van der Waals surface area contributed by atoms with Gasteiger partial charge in [-0.05, 0) is 48.9 Å². The van der Waals surface area contributed by atoms with Crippen molar-refractivity contribution in [1.29, 1.82) is 0 Å². The fourth-order valence-electron chi connectivity index (χ4n) is 3.21. The minimum atomic E-state index is -0.446. The number of nitrogens with one attached hydrogen (secondary N) is 2. The van der Waals surface area contributed by atoms with Crippen LogP contribution in [0.15, 0.2) is 42.5 Å². The zero-order chi connectivity index (χ0) is 21.0. The van der Waals surface area contributed by atoms with Crippen molar-refractivity contribution in [2.45, 2.75) is 26.7 Å². The summed E-state index contributed by atoms with van der Waals surface area (Å²) in [7, 11) is 1.58. The van der Waals surface area contributed by atoms with E-state index in [1.54, 1.807) is 55.3 Å². The number of hydrogen-bond donors (Lipinski definition) is 2. The molecule has 0 aromatic heterocycles. The number of rotatable bonds is 6. The Morgan fingerprint density at radius 3 is 2.52 bits per heavy atom. The summed E-state index contributed by atoms with van der Waals surface area (Å²) in [5, 5.41) is 5.69. The molecule has 1 aliphatic rings. The number of benzene rings is 2. The number of methoxy groups -OCH3 is 1. The van der Waals surface area contributed by atoms with E-state index >= 15 is 0 Å². The van der Waals surface area contributed by atoms with Crippen molar-refractivity contribution in [3.8, 4) is 5.75 Å². The van der Waals surface area contributed by atoms with E-state index in [4.69, 9.17) is 4.74 Å². The Hall–Kier alpha value is -3.35. The summed E-state index contributed by atoms with van der Waals surface area (Å²) in [5.74, 6) is -0.131. The van der Waals surface area contributed by atoms with Gasteiger partial charge in [-0.1, -0.05) is 13.0 Å². The van der Waals surface area contributed by atoms with Crippen LogP contribution in [0.5, 0.6) is 5.75 Å². The molecule has 0 saturated carbocycles. The zero-order valence-electron chi connectivity index (χ0n) is 16.8. The molecule has 1 fully saturated rings. The van der Waals surface area contributed by atoms with Crippen LogP contribution >= 0.6 is 0 Å². The van der Waals surface area contributed by atoms with E-state index in [1.807, 2.05) is 13.0 Å². The predicted octanol–water partition coefficient (Wildman–Crippen LogP) is 3.34. The number of carbonyl (C=O) groups excluding carboxylic acids is 3. The Labute approximate surface area is 170 Å². The summed E-state index contributed by atoms with van der Waals surface area (Å²) < 4.78 is 5.14. The monoisotopic (exact) mass is 395 g/mol. The molecular formula is C22H25N3O4. The Kier molecular flexibility index (Phi) is 6.16. The van der Waals surface area contributed by atoms with Gasteiger partial charge in [-0.3, -0.25) is 14.4 Å². The van der Waals surface area contributed by atoms with Crippen molar-refractivity contribution in [3.63, 3.8) is 0 Å². The Bertz CT molecular complexity index is 924. The third-order valence-corrected chi connectivity index (χ3v) is 4.98. The molecule has 3 rings (SSSR count). The van der Waals surface area contributed by atoms with Gasteiger partial charge in [-0.25, -0.2) is 0 Å². The van der Waals surface area contributed by atoms with Gasteiger partial charge in [-0.2, -0.15) is 0 Å². The first-order valence-corrected chi connectivity index (χ1v) is 9.57. The summed E-state index contributed by atoms with van der Waals surface area (Å²) in [6.07, 6.45) is 0.532. The summed E-state index contributed by atoms with van der Waals surface area (Å²) >= 11 is 0. The van der Waals surface area contributed by atoms with Crippen LogP contribution in [-0.4, -0.2) is 31.4 Å². The SMILES string of the molecule is CCC(=O)Nc1ccc(C)c(NC(=O)C2CC(=O)N(c3ccc(OC)cc3)C2)c1. The molecule has 1 unspecified atom stereocenters. The highest BCUT2D eigenvalue weighted by molar-refractivity contribution is 6.04. The van der Waals surface area contributed by atoms with Crippen LogP contribution < -0.4 is 20.3 Å². The second kappa shape index (κ2) is 8.77. The molecule has 0 bridgehead atoms. The molecule has 3 amide bonds. The van der Waals surface area contributed by atoms with E-state index in [2.05, 4.69) is 10.6 Å². The second-order valence-corrected chi connectivity index (χ2v) is 7.02. The number of hydrogen-bond acceptors (Lipinski definition) is 4. The molecule has 1 heterocycles. The van der Waals surface area contributed by atoms with Gasteiger partial charge in [0, 0.05) is 36.4 Å². The van der Waals surface area contributed by atoms with Crippen molar-refractivity contribution in [2.24, 2.45) is 5.92 Å². The quantitative estimate of drug-likeness (QED) is 0.785. The smallest absolute Gasteiger partial charge is 0.229 e. The maximum Gasteiger partial charge on any atom is 0.229 e. The highest BCUT2D eigenvalue weighted by atomic mass is 16.5. The topological polar surface area (TPSA) is 87.7 Å². The molecule has 1 atom stereocenters. The van der Waals surface area contributed by atoms with Gasteiger partial charge in [0.15, 0.2) is 0 Å². The molecule has 1 saturated heterocycles. The molecule has 1 aliphatic heterocycles. The molecule has 7 nitrogen and oxygen atoms in total. The van der Waals surface area contributed by atoms with E-state index in [0.717, 1.165) is 11.3 Å². The first-order chi connectivity index (χ1) is 13.9. The zero-order valence-corrected chi connectivity index (χ0v) is 16.8. The van der Waals surface area contributed by atoms with E-state index in [9.17, 15) is 14.4 Å². The predicted molar refractivity (Wildman–Crippen MR) is 112 cm³/mol. The summed E-state index contributed by atoms with van der Waals surface area (Å²) in [5.41, 5.74) is 2.87. The molecule has 2 N–H and O–H groups in total. The standard InChI is InChI=1S/C22H25N3O4/c1-4-20(26)23-16-6-5-14(2)19(12-16)24-22(28)15-11-21(27)25(13-15)17-7-9-18(29-3)10-8-17/h5-10,12,15H,4,11,13H2,1-3H3,(H,23,26)(H,24,28). The summed E-state index contributed by atoms with van der Waals surface area (Å²) in [6, 6.07) is 12.6. The number of amides is 3. The molecule has 0 aliphatic carbocycles. The molecule has 2 aromatic rings. The van der Waals surface area contributed by atoms with Crippen LogP contribution in [0.3, 0.4) is 0 Å². The minimum absolute atomic E-state index is 0.0870. The van der Waals surface area contributed by atoms with Crippen LogP contribution in [0, 0.1) is 12.8 Å². The lowest BCUT2D eigenvalue weighted by atomic mass is 10.1. The van der Waals surface area contributed by atoms with Gasteiger partial charge in [0.1, 0.15) is 5.75 Å². The molecule has 29 heavy (non-hydrogen) atoms. The van der Waals surface area contributed by atoms with Gasteiger partial charge in [-0.15, -0.1) is 0 Å². The summed E-state index contributed by atoms with van der Waals surface area (Å²) in [6.45, 7) is 3.98. The first kappa shape index (κ1) is 20.4. The fraction of sp³-hybridized carbons (Fsp3) is 0.318. The molecule has 0 radical (unpaired) electrons. The molecule has 7 heteroatoms. The maximum absolute atomic E-state index is 12.8. The molecular weight excluding hydrogens is 370 g/mol. The van der Waals surface area contributed by atoms with Gasteiger partial charge in [0.05, 0.1) is 13.0 Å². The third-order valence-electron chi connectivity index (χ3n) is 4.98. The van der Waals surface area contributed by atoms with Crippen molar-refractivity contribution in [1.82, 2.24) is 0 Å². The number of anilines is 3. The molecule has 152 valence electrons. The average molecular weight is 395 g/mol. The molecule has 0 spiro atoms. The van der Waals surface area contributed by atoms with Gasteiger partial charge >= 0.3 is 0 Å². The van der Waals surface area contributed by atoms with Gasteiger partial charge in [0.25, 0.3) is 0 Å². The van der Waals surface area contributed by atoms with Gasteiger partial charge in [0.2, 0.25) is 17.7 Å². The number of nitrogens with zero attached hydrogens (tertiary/aromatic N) is 1. The Balaban J connectivity index is 1.69. The van der Waals surface area contributed by atoms with E-state index in [0.29, 0.717) is 30.1 Å². The lowest BCUT2D eigenvalue weighted by Gasteiger charge is -2.17. The van der Waals surface area contributed by atoms with Crippen LogP contribution in [0.2, 0.25) is 0 Å². The van der Waals surface area contributed by atoms with Gasteiger partial charge < -0.3 is 20.3 Å². The number of aryl methyl sites for hydroxylation is 1.